The molecule has 3 aromatic rings. The summed E-state index contributed by atoms with van der Waals surface area (Å²) in [6.07, 6.45) is 2.21. The third-order valence-corrected chi connectivity index (χ3v) is 5.49. The summed E-state index contributed by atoms with van der Waals surface area (Å²) < 4.78 is 10.6. The largest absolute Gasteiger partial charge is 0.459 e. The smallest absolute Gasteiger partial charge is 0.408 e. The van der Waals surface area contributed by atoms with Crippen molar-refractivity contribution in [2.75, 3.05) is 6.54 Å². The van der Waals surface area contributed by atoms with Crippen LogP contribution in [0.5, 0.6) is 0 Å². The molecule has 7 heteroatoms. The van der Waals surface area contributed by atoms with Gasteiger partial charge in [-0.25, -0.2) is 9.59 Å². The number of amides is 2. The van der Waals surface area contributed by atoms with Crippen molar-refractivity contribution in [1.82, 2.24) is 10.6 Å². The van der Waals surface area contributed by atoms with Crippen LogP contribution >= 0.6 is 0 Å². The fourth-order valence-corrected chi connectivity index (χ4v) is 3.48. The Morgan fingerprint density at radius 2 is 1.39 bits per heavy atom. The van der Waals surface area contributed by atoms with E-state index in [1.165, 1.54) is 0 Å². The number of ether oxygens (including phenoxy) is 2. The molecule has 3 rings (SSSR count). The summed E-state index contributed by atoms with van der Waals surface area (Å²) in [5, 5.41) is 5.25. The molecule has 0 saturated carbocycles. The lowest BCUT2D eigenvalue weighted by molar-refractivity contribution is -0.147. The molecule has 0 spiro atoms. The number of carbonyl (C=O) groups is 3. The Morgan fingerprint density at radius 3 is 2.03 bits per heavy atom. The van der Waals surface area contributed by atoms with Gasteiger partial charge in [-0.15, -0.1) is 0 Å². The Hall–Kier alpha value is -4.13. The number of hydrogen-bond acceptors (Lipinski definition) is 5. The molecule has 0 aliphatic rings. The molecule has 0 unspecified atom stereocenters. The average Bonchev–Trinajstić information content (AvgIpc) is 2.92. The Bertz CT molecular complexity index is 1120. The van der Waals surface area contributed by atoms with Gasteiger partial charge in [0.05, 0.1) is 0 Å². The molecule has 0 saturated heterocycles. The van der Waals surface area contributed by atoms with Crippen LogP contribution in [-0.2, 0) is 33.9 Å². The molecule has 0 aliphatic heterocycles. The van der Waals surface area contributed by atoms with Gasteiger partial charge in [-0.2, -0.15) is 0 Å². The van der Waals surface area contributed by atoms with Crippen LogP contribution in [0.1, 0.15) is 46.8 Å². The van der Waals surface area contributed by atoms with Gasteiger partial charge in [0.2, 0.25) is 0 Å². The number of alkyl carbamates (subject to hydrolysis) is 1. The Kier molecular flexibility index (Phi) is 10.5. The molecule has 1 atom stereocenters. The zero-order chi connectivity index (χ0) is 25.6. The van der Waals surface area contributed by atoms with Crippen molar-refractivity contribution in [2.24, 2.45) is 0 Å². The molecule has 0 heterocycles. The number of aryl methyl sites for hydroxylation is 1. The van der Waals surface area contributed by atoms with Gasteiger partial charge in [-0.1, -0.05) is 86.1 Å². The van der Waals surface area contributed by atoms with E-state index < -0.39 is 18.1 Å². The van der Waals surface area contributed by atoms with E-state index in [1.807, 2.05) is 78.9 Å². The summed E-state index contributed by atoms with van der Waals surface area (Å²) in [5.41, 5.74) is 3.19. The van der Waals surface area contributed by atoms with E-state index in [9.17, 15) is 14.4 Å². The highest BCUT2D eigenvalue weighted by Gasteiger charge is 2.24. The number of esters is 1. The van der Waals surface area contributed by atoms with Gasteiger partial charge in [-0.3, -0.25) is 4.79 Å². The Balaban J connectivity index is 1.61. The molecule has 0 radical (unpaired) electrons. The first-order valence-corrected chi connectivity index (χ1v) is 12.1. The lowest BCUT2D eigenvalue weighted by Crippen LogP contribution is -2.49. The van der Waals surface area contributed by atoms with Crippen LogP contribution in [0.15, 0.2) is 84.9 Å². The summed E-state index contributed by atoms with van der Waals surface area (Å²) in [4.78, 5) is 38.0. The van der Waals surface area contributed by atoms with Crippen molar-refractivity contribution < 1.29 is 23.9 Å². The van der Waals surface area contributed by atoms with E-state index in [0.29, 0.717) is 5.56 Å². The van der Waals surface area contributed by atoms with Crippen LogP contribution < -0.4 is 10.6 Å². The number of carbonyl (C=O) groups excluding carboxylic acids is 3. The van der Waals surface area contributed by atoms with Gasteiger partial charge < -0.3 is 20.1 Å². The minimum absolute atomic E-state index is 0.0460. The van der Waals surface area contributed by atoms with E-state index in [0.717, 1.165) is 36.0 Å². The second-order valence-electron chi connectivity index (χ2n) is 8.37. The number of unbranched alkanes of at least 4 members (excludes halogenated alkanes) is 1. The number of hydrogen-bond donors (Lipinski definition) is 2. The van der Waals surface area contributed by atoms with Crippen LogP contribution in [0.2, 0.25) is 0 Å². The van der Waals surface area contributed by atoms with Crippen molar-refractivity contribution in [3.05, 3.63) is 107 Å². The standard InChI is InChI=1S/C29H32N2O5/c1-2-3-11-22-16-10-17-25(18-22)27(32)30-19-26(28(33)35-20-23-12-6-4-7-13-23)31-29(34)36-21-24-14-8-5-9-15-24/h4-10,12-18,26H,2-3,11,19-21H2,1H3,(H,30,32)(H,31,34)/t26-/m1/s1. The minimum Gasteiger partial charge on any atom is -0.459 e. The second kappa shape index (κ2) is 14.3. The van der Waals surface area contributed by atoms with Crippen LogP contribution in [0.4, 0.5) is 4.79 Å². The zero-order valence-corrected chi connectivity index (χ0v) is 20.4. The molecule has 7 nitrogen and oxygen atoms in total. The summed E-state index contributed by atoms with van der Waals surface area (Å²) in [5.74, 6) is -1.01. The Morgan fingerprint density at radius 1 is 0.778 bits per heavy atom. The summed E-state index contributed by atoms with van der Waals surface area (Å²) >= 11 is 0. The molecule has 2 amide bonds. The van der Waals surface area contributed by atoms with Gasteiger partial charge in [0.1, 0.15) is 19.3 Å². The molecule has 0 bridgehead atoms. The van der Waals surface area contributed by atoms with Crippen LogP contribution in [-0.4, -0.2) is 30.6 Å². The number of rotatable bonds is 12. The van der Waals surface area contributed by atoms with Crippen LogP contribution in [0, 0.1) is 0 Å². The van der Waals surface area contributed by atoms with E-state index in [4.69, 9.17) is 9.47 Å². The zero-order valence-electron chi connectivity index (χ0n) is 20.4. The van der Waals surface area contributed by atoms with Gasteiger partial charge in [-0.05, 0) is 41.7 Å². The van der Waals surface area contributed by atoms with Crippen LogP contribution in [0.3, 0.4) is 0 Å². The highest BCUT2D eigenvalue weighted by molar-refractivity contribution is 5.95. The van der Waals surface area contributed by atoms with Crippen LogP contribution in [0.25, 0.3) is 0 Å². The molecular formula is C29H32N2O5. The van der Waals surface area contributed by atoms with Crippen molar-refractivity contribution in [3.8, 4) is 0 Å². The number of nitrogens with one attached hydrogen (secondary N) is 2. The van der Waals surface area contributed by atoms with E-state index in [2.05, 4.69) is 17.6 Å². The Labute approximate surface area is 211 Å². The molecule has 36 heavy (non-hydrogen) atoms. The third-order valence-electron chi connectivity index (χ3n) is 5.49. The predicted molar refractivity (Wildman–Crippen MR) is 137 cm³/mol. The van der Waals surface area contributed by atoms with Gasteiger partial charge in [0.15, 0.2) is 0 Å². The second-order valence-corrected chi connectivity index (χ2v) is 8.37. The topological polar surface area (TPSA) is 93.7 Å². The molecule has 3 aromatic carbocycles. The molecule has 0 fully saturated rings. The molecule has 0 aromatic heterocycles. The summed E-state index contributed by atoms with van der Waals surface area (Å²) in [7, 11) is 0. The molecule has 0 aliphatic carbocycles. The first-order valence-electron chi connectivity index (χ1n) is 12.1. The first kappa shape index (κ1) is 26.5. The summed E-state index contributed by atoms with van der Waals surface area (Å²) in [6.45, 7) is 2.07. The first-order chi connectivity index (χ1) is 17.5. The average molecular weight is 489 g/mol. The normalized spacial score (nSPS) is 11.2. The fraction of sp³-hybridized carbons (Fsp3) is 0.276. The molecule has 188 valence electrons. The van der Waals surface area contributed by atoms with E-state index in [1.54, 1.807) is 6.07 Å². The molecular weight excluding hydrogens is 456 g/mol. The monoisotopic (exact) mass is 488 g/mol. The van der Waals surface area contributed by atoms with Gasteiger partial charge >= 0.3 is 12.1 Å². The minimum atomic E-state index is -1.12. The summed E-state index contributed by atoms with van der Waals surface area (Å²) in [6, 6.07) is 24.7. The maximum absolute atomic E-state index is 12.8. The third kappa shape index (κ3) is 8.91. The maximum atomic E-state index is 12.8. The number of benzene rings is 3. The highest BCUT2D eigenvalue weighted by Crippen LogP contribution is 2.09. The van der Waals surface area contributed by atoms with Crippen molar-refractivity contribution in [2.45, 2.75) is 45.4 Å². The predicted octanol–water partition coefficient (Wildman–Crippen LogP) is 4.80. The fourth-order valence-electron chi connectivity index (χ4n) is 3.48. The molecule has 2 N–H and O–H groups in total. The van der Waals surface area contributed by atoms with Gasteiger partial charge in [0.25, 0.3) is 5.91 Å². The van der Waals surface area contributed by atoms with E-state index >= 15 is 0 Å². The van der Waals surface area contributed by atoms with Crippen molar-refractivity contribution in [1.29, 1.82) is 0 Å². The SMILES string of the molecule is CCCCc1cccc(C(=O)NC[C@@H](NC(=O)OCc2ccccc2)C(=O)OCc2ccccc2)c1. The van der Waals surface area contributed by atoms with Gasteiger partial charge in [0, 0.05) is 12.1 Å². The van der Waals surface area contributed by atoms with Crippen molar-refractivity contribution >= 4 is 18.0 Å². The maximum Gasteiger partial charge on any atom is 0.408 e. The quantitative estimate of drug-likeness (QED) is 0.357. The van der Waals surface area contributed by atoms with E-state index in [-0.39, 0.29) is 25.7 Å². The lowest BCUT2D eigenvalue weighted by atomic mass is 10.1. The highest BCUT2D eigenvalue weighted by atomic mass is 16.6. The van der Waals surface area contributed by atoms with Crippen molar-refractivity contribution in [3.63, 3.8) is 0 Å². The lowest BCUT2D eigenvalue weighted by Gasteiger charge is -2.18.